The molecule has 0 bridgehead atoms. The summed E-state index contributed by atoms with van der Waals surface area (Å²) in [5, 5.41) is 3.63. The topological polar surface area (TPSA) is 37.8 Å². The second-order valence-electron chi connectivity index (χ2n) is 5.08. The summed E-state index contributed by atoms with van der Waals surface area (Å²) >= 11 is 0. The fraction of sp³-hybridized carbons (Fsp3) is 0.412. The molecular weight excluding hydrogens is 246 g/mol. The first-order valence-corrected chi connectivity index (χ1v) is 7.40. The van der Waals surface area contributed by atoms with Gasteiger partial charge in [0.2, 0.25) is 0 Å². The molecule has 0 saturated heterocycles. The molecule has 0 aliphatic rings. The average molecular weight is 269 g/mol. The fourth-order valence-electron chi connectivity index (χ4n) is 2.28. The maximum absolute atomic E-state index is 4.43. The van der Waals surface area contributed by atoms with Crippen molar-refractivity contribution >= 4 is 0 Å². The van der Waals surface area contributed by atoms with Crippen LogP contribution >= 0.6 is 0 Å². The van der Waals surface area contributed by atoms with Crippen molar-refractivity contribution in [3.05, 3.63) is 60.2 Å². The van der Waals surface area contributed by atoms with Crippen molar-refractivity contribution in [2.45, 2.75) is 38.6 Å². The van der Waals surface area contributed by atoms with Crippen LogP contribution in [0.3, 0.4) is 0 Å². The molecule has 0 aromatic carbocycles. The summed E-state index contributed by atoms with van der Waals surface area (Å²) < 4.78 is 0. The summed E-state index contributed by atoms with van der Waals surface area (Å²) in [5.41, 5.74) is 2.46. The van der Waals surface area contributed by atoms with Crippen LogP contribution in [0.25, 0.3) is 0 Å². The predicted molar refractivity (Wildman–Crippen MR) is 82.6 cm³/mol. The highest BCUT2D eigenvalue weighted by Gasteiger charge is 2.09. The van der Waals surface area contributed by atoms with Crippen molar-refractivity contribution in [1.29, 1.82) is 0 Å². The van der Waals surface area contributed by atoms with Gasteiger partial charge in [-0.2, -0.15) is 0 Å². The molecule has 1 atom stereocenters. The summed E-state index contributed by atoms with van der Waals surface area (Å²) in [5.74, 6) is 0. The minimum absolute atomic E-state index is 0.477. The lowest BCUT2D eigenvalue weighted by molar-refractivity contribution is 0.473. The SMILES string of the molecule is CCCNC(CCc1cccnc1)Cc1ccccn1. The Labute approximate surface area is 121 Å². The van der Waals surface area contributed by atoms with Gasteiger partial charge in [0, 0.05) is 36.7 Å². The van der Waals surface area contributed by atoms with Crippen LogP contribution in [-0.4, -0.2) is 22.6 Å². The monoisotopic (exact) mass is 269 g/mol. The Morgan fingerprint density at radius 2 is 2.10 bits per heavy atom. The normalized spacial score (nSPS) is 12.2. The van der Waals surface area contributed by atoms with Gasteiger partial charge < -0.3 is 5.32 Å². The third-order valence-electron chi connectivity index (χ3n) is 3.37. The second-order valence-corrected chi connectivity index (χ2v) is 5.08. The molecule has 1 N–H and O–H groups in total. The minimum atomic E-state index is 0.477. The van der Waals surface area contributed by atoms with Crippen molar-refractivity contribution in [3.8, 4) is 0 Å². The van der Waals surface area contributed by atoms with Crippen molar-refractivity contribution in [2.24, 2.45) is 0 Å². The van der Waals surface area contributed by atoms with Crippen LogP contribution in [0.4, 0.5) is 0 Å². The van der Waals surface area contributed by atoms with E-state index < -0.39 is 0 Å². The van der Waals surface area contributed by atoms with Crippen LogP contribution in [0, 0.1) is 0 Å². The molecule has 0 fully saturated rings. The third kappa shape index (κ3) is 5.10. The summed E-state index contributed by atoms with van der Waals surface area (Å²) in [6.45, 7) is 3.26. The van der Waals surface area contributed by atoms with Crippen molar-refractivity contribution in [2.75, 3.05) is 6.54 Å². The van der Waals surface area contributed by atoms with Gasteiger partial charge >= 0.3 is 0 Å². The molecule has 2 heterocycles. The number of rotatable bonds is 8. The summed E-state index contributed by atoms with van der Waals surface area (Å²) in [7, 11) is 0. The largest absolute Gasteiger partial charge is 0.314 e. The van der Waals surface area contributed by atoms with Gasteiger partial charge in [0.05, 0.1) is 0 Å². The molecule has 1 unspecified atom stereocenters. The Bertz CT molecular complexity index is 470. The Morgan fingerprint density at radius 1 is 1.15 bits per heavy atom. The molecule has 0 amide bonds. The molecule has 2 aromatic heterocycles. The molecule has 0 saturated carbocycles. The lowest BCUT2D eigenvalue weighted by Gasteiger charge is -2.18. The molecular formula is C17H23N3. The van der Waals surface area contributed by atoms with E-state index in [1.165, 1.54) is 5.56 Å². The van der Waals surface area contributed by atoms with Gasteiger partial charge in [-0.25, -0.2) is 0 Å². The molecule has 0 radical (unpaired) electrons. The molecule has 0 aliphatic heterocycles. The van der Waals surface area contributed by atoms with Crippen molar-refractivity contribution in [3.63, 3.8) is 0 Å². The van der Waals surface area contributed by atoms with Crippen LogP contribution in [0.15, 0.2) is 48.9 Å². The predicted octanol–water partition coefficient (Wildman–Crippen LogP) is 3.02. The number of nitrogens with one attached hydrogen (secondary N) is 1. The van der Waals surface area contributed by atoms with Gasteiger partial charge in [-0.1, -0.05) is 19.1 Å². The fourth-order valence-corrected chi connectivity index (χ4v) is 2.28. The smallest absolute Gasteiger partial charge is 0.0419 e. The van der Waals surface area contributed by atoms with Gasteiger partial charge in [0.15, 0.2) is 0 Å². The molecule has 3 heteroatoms. The van der Waals surface area contributed by atoms with E-state index in [1.807, 2.05) is 30.7 Å². The minimum Gasteiger partial charge on any atom is -0.314 e. The molecule has 3 nitrogen and oxygen atoms in total. The number of pyridine rings is 2. The maximum Gasteiger partial charge on any atom is 0.0419 e. The second kappa shape index (κ2) is 8.43. The van der Waals surface area contributed by atoms with Crippen LogP contribution in [0.2, 0.25) is 0 Å². The molecule has 2 aromatic rings. The Kier molecular flexibility index (Phi) is 6.18. The zero-order valence-corrected chi connectivity index (χ0v) is 12.1. The standard InChI is InChI=1S/C17H23N3/c1-2-10-19-17(13-16-7-3-4-12-20-16)9-8-15-6-5-11-18-14-15/h3-7,11-12,14,17,19H,2,8-10,13H2,1H3. The van der Waals surface area contributed by atoms with Gasteiger partial charge in [0.1, 0.15) is 0 Å². The van der Waals surface area contributed by atoms with Crippen LogP contribution in [-0.2, 0) is 12.8 Å². The number of aromatic nitrogens is 2. The van der Waals surface area contributed by atoms with E-state index >= 15 is 0 Å². The van der Waals surface area contributed by atoms with E-state index in [-0.39, 0.29) is 0 Å². The van der Waals surface area contributed by atoms with E-state index in [1.54, 1.807) is 0 Å². The lowest BCUT2D eigenvalue weighted by atomic mass is 10.0. The molecule has 2 rings (SSSR count). The van der Waals surface area contributed by atoms with Crippen molar-refractivity contribution < 1.29 is 0 Å². The molecule has 0 aliphatic carbocycles. The van der Waals surface area contributed by atoms with Crippen LogP contribution in [0.1, 0.15) is 31.0 Å². The first-order chi connectivity index (χ1) is 9.88. The maximum atomic E-state index is 4.43. The van der Waals surface area contributed by atoms with E-state index in [0.717, 1.165) is 37.9 Å². The summed E-state index contributed by atoms with van der Waals surface area (Å²) in [6, 6.07) is 10.7. The van der Waals surface area contributed by atoms with E-state index in [0.29, 0.717) is 6.04 Å². The van der Waals surface area contributed by atoms with E-state index in [2.05, 4.69) is 40.4 Å². The lowest BCUT2D eigenvalue weighted by Crippen LogP contribution is -2.32. The summed E-state index contributed by atoms with van der Waals surface area (Å²) in [6.07, 6.45) is 9.96. The van der Waals surface area contributed by atoms with E-state index in [4.69, 9.17) is 0 Å². The Balaban J connectivity index is 1.89. The number of hydrogen-bond donors (Lipinski definition) is 1. The number of hydrogen-bond acceptors (Lipinski definition) is 3. The Hall–Kier alpha value is -1.74. The first-order valence-electron chi connectivity index (χ1n) is 7.40. The number of nitrogens with zero attached hydrogens (tertiary/aromatic N) is 2. The molecule has 20 heavy (non-hydrogen) atoms. The van der Waals surface area contributed by atoms with Crippen molar-refractivity contribution in [1.82, 2.24) is 15.3 Å². The zero-order valence-electron chi connectivity index (χ0n) is 12.1. The first kappa shape index (κ1) is 14.7. The van der Waals surface area contributed by atoms with Gasteiger partial charge in [0.25, 0.3) is 0 Å². The van der Waals surface area contributed by atoms with Gasteiger partial charge in [-0.3, -0.25) is 9.97 Å². The molecule has 106 valence electrons. The van der Waals surface area contributed by atoms with E-state index in [9.17, 15) is 0 Å². The van der Waals surface area contributed by atoms with Gasteiger partial charge in [-0.05, 0) is 49.6 Å². The zero-order chi connectivity index (χ0) is 14.0. The highest BCUT2D eigenvalue weighted by atomic mass is 14.9. The highest BCUT2D eigenvalue weighted by Crippen LogP contribution is 2.08. The molecule has 0 spiro atoms. The Morgan fingerprint density at radius 3 is 2.80 bits per heavy atom. The quantitative estimate of drug-likeness (QED) is 0.800. The van der Waals surface area contributed by atoms with Gasteiger partial charge in [-0.15, -0.1) is 0 Å². The third-order valence-corrected chi connectivity index (χ3v) is 3.37. The number of aryl methyl sites for hydroxylation is 1. The van der Waals surface area contributed by atoms with Crippen LogP contribution < -0.4 is 5.32 Å². The van der Waals surface area contributed by atoms with Crippen LogP contribution in [0.5, 0.6) is 0 Å². The summed E-state index contributed by atoms with van der Waals surface area (Å²) in [4.78, 5) is 8.61. The average Bonchev–Trinajstić information content (AvgIpc) is 2.52. The highest BCUT2D eigenvalue weighted by molar-refractivity contribution is 5.10.